The first kappa shape index (κ1) is 25.6. The minimum Gasteiger partial charge on any atom is -0.494 e. The summed E-state index contributed by atoms with van der Waals surface area (Å²) in [6, 6.07) is 12.2. The van der Waals surface area contributed by atoms with E-state index in [2.05, 4.69) is 5.32 Å². The highest BCUT2D eigenvalue weighted by molar-refractivity contribution is 7.90. The highest BCUT2D eigenvalue weighted by Crippen LogP contribution is 2.38. The van der Waals surface area contributed by atoms with Gasteiger partial charge in [0.05, 0.1) is 11.5 Å². The number of carbonyl (C=O) groups excluding carboxylic acids is 1. The summed E-state index contributed by atoms with van der Waals surface area (Å²) in [4.78, 5) is 12.2. The van der Waals surface area contributed by atoms with Gasteiger partial charge in [-0.1, -0.05) is 29.8 Å². The molecule has 1 aliphatic carbocycles. The van der Waals surface area contributed by atoms with Gasteiger partial charge in [-0.05, 0) is 68.9 Å². The molecular formula is C26H31N3O6S. The first-order valence-electron chi connectivity index (χ1n) is 11.9. The molecule has 0 saturated carbocycles. The van der Waals surface area contributed by atoms with Crippen LogP contribution in [0.1, 0.15) is 41.5 Å². The summed E-state index contributed by atoms with van der Waals surface area (Å²) in [5.41, 5.74) is 3.98. The molecule has 0 spiro atoms. The van der Waals surface area contributed by atoms with Gasteiger partial charge in [-0.25, -0.2) is 17.9 Å². The molecule has 4 rings (SSSR count). The summed E-state index contributed by atoms with van der Waals surface area (Å²) in [5, 5.41) is 23.3. The lowest BCUT2D eigenvalue weighted by Crippen LogP contribution is -2.34. The minimum absolute atomic E-state index is 0.0116. The van der Waals surface area contributed by atoms with Gasteiger partial charge in [0.1, 0.15) is 0 Å². The second kappa shape index (κ2) is 11.0. The third-order valence-corrected chi connectivity index (χ3v) is 7.58. The van der Waals surface area contributed by atoms with Crippen LogP contribution in [0.3, 0.4) is 0 Å². The van der Waals surface area contributed by atoms with Crippen LogP contribution < -0.4 is 10.0 Å². The molecule has 36 heavy (non-hydrogen) atoms. The molecule has 0 aliphatic heterocycles. The van der Waals surface area contributed by atoms with Gasteiger partial charge in [0.2, 0.25) is 0 Å². The number of aromatic hydroxyl groups is 2. The van der Waals surface area contributed by atoms with Crippen LogP contribution in [0.15, 0.2) is 53.4 Å². The molecule has 0 unspecified atom stereocenters. The Morgan fingerprint density at radius 2 is 1.58 bits per heavy atom. The molecule has 0 saturated heterocycles. The molecule has 0 fully saturated rings. The van der Waals surface area contributed by atoms with E-state index in [1.807, 2.05) is 11.6 Å². The number of sulfonamides is 1. The fourth-order valence-corrected chi connectivity index (χ4v) is 5.20. The van der Waals surface area contributed by atoms with Crippen molar-refractivity contribution in [2.45, 2.75) is 57.1 Å². The Morgan fingerprint density at radius 3 is 2.19 bits per heavy atom. The molecule has 0 atom stereocenters. The molecule has 4 N–H and O–H groups in total. The fraction of sp³-hybridized carbons (Fsp3) is 0.346. The number of anilines is 1. The molecule has 3 aromatic rings. The van der Waals surface area contributed by atoms with Crippen LogP contribution in [0.5, 0.6) is 11.8 Å². The van der Waals surface area contributed by atoms with E-state index in [1.54, 1.807) is 41.0 Å². The average Bonchev–Trinajstić information content (AvgIpc) is 3.09. The Bertz CT molecular complexity index is 1290. The highest BCUT2D eigenvalue weighted by Gasteiger charge is 2.24. The molecule has 192 valence electrons. The Kier molecular flexibility index (Phi) is 7.85. The van der Waals surface area contributed by atoms with Gasteiger partial charge >= 0.3 is 6.03 Å². The zero-order chi connectivity index (χ0) is 25.7. The third kappa shape index (κ3) is 6.00. The van der Waals surface area contributed by atoms with Gasteiger partial charge in [-0.2, -0.15) is 0 Å². The monoisotopic (exact) mass is 513 g/mol. The number of urea groups is 1. The van der Waals surface area contributed by atoms with Crippen molar-refractivity contribution in [2.75, 3.05) is 11.9 Å². The number of carbonyl (C=O) groups is 1. The van der Waals surface area contributed by atoms with Crippen molar-refractivity contribution >= 4 is 21.7 Å². The zero-order valence-electron chi connectivity index (χ0n) is 20.2. The number of rotatable bonds is 9. The van der Waals surface area contributed by atoms with Crippen LogP contribution in [0.2, 0.25) is 0 Å². The molecule has 10 heteroatoms. The number of hydrogen-bond donors (Lipinski definition) is 4. The summed E-state index contributed by atoms with van der Waals surface area (Å²) in [6.07, 6.45) is 4.28. The van der Waals surface area contributed by atoms with Gasteiger partial charge in [0, 0.05) is 30.0 Å². The number of aryl methyl sites for hydroxylation is 1. The van der Waals surface area contributed by atoms with Gasteiger partial charge in [0.15, 0.2) is 11.8 Å². The van der Waals surface area contributed by atoms with E-state index in [9.17, 15) is 23.4 Å². The van der Waals surface area contributed by atoms with Crippen molar-refractivity contribution in [1.29, 1.82) is 0 Å². The van der Waals surface area contributed by atoms with Gasteiger partial charge in [-0.3, -0.25) is 4.57 Å². The Morgan fingerprint density at radius 1 is 0.972 bits per heavy atom. The predicted molar refractivity (Wildman–Crippen MR) is 136 cm³/mol. The molecule has 0 bridgehead atoms. The Balaban J connectivity index is 1.21. The summed E-state index contributed by atoms with van der Waals surface area (Å²) in [6.45, 7) is 3.11. The number of amides is 2. The Hall–Kier alpha value is -3.50. The van der Waals surface area contributed by atoms with E-state index in [1.165, 1.54) is 12.1 Å². The molecule has 0 radical (unpaired) electrons. The van der Waals surface area contributed by atoms with E-state index in [4.69, 9.17) is 4.74 Å². The van der Waals surface area contributed by atoms with Crippen LogP contribution >= 0.6 is 0 Å². The van der Waals surface area contributed by atoms with Crippen molar-refractivity contribution in [1.82, 2.24) is 9.29 Å². The highest BCUT2D eigenvalue weighted by atomic mass is 32.2. The van der Waals surface area contributed by atoms with Crippen LogP contribution in [-0.4, -0.2) is 35.8 Å². The van der Waals surface area contributed by atoms with E-state index in [0.29, 0.717) is 31.9 Å². The maximum Gasteiger partial charge on any atom is 0.333 e. The first-order chi connectivity index (χ1) is 17.2. The lowest BCUT2D eigenvalue weighted by molar-refractivity contribution is 0.114. The number of nitrogens with zero attached hydrogens (tertiary/aromatic N) is 1. The number of benzene rings is 2. The lowest BCUT2D eigenvalue weighted by Gasteiger charge is -2.10. The second-order valence-electron chi connectivity index (χ2n) is 8.94. The van der Waals surface area contributed by atoms with Crippen molar-refractivity contribution in [2.24, 2.45) is 0 Å². The number of hydrogen-bond acceptors (Lipinski definition) is 6. The quantitative estimate of drug-likeness (QED) is 0.317. The topological polar surface area (TPSA) is 130 Å². The largest absolute Gasteiger partial charge is 0.494 e. The van der Waals surface area contributed by atoms with Crippen LogP contribution in [0.4, 0.5) is 10.5 Å². The Labute approximate surface area is 210 Å². The van der Waals surface area contributed by atoms with Crippen LogP contribution in [0.25, 0.3) is 0 Å². The minimum atomic E-state index is -3.96. The maximum absolute atomic E-state index is 12.3. The molecular weight excluding hydrogens is 482 g/mol. The van der Waals surface area contributed by atoms with E-state index >= 15 is 0 Å². The van der Waals surface area contributed by atoms with E-state index in [0.717, 1.165) is 47.9 Å². The van der Waals surface area contributed by atoms with Crippen LogP contribution in [-0.2, 0) is 40.8 Å². The zero-order valence-corrected chi connectivity index (χ0v) is 21.0. The van der Waals surface area contributed by atoms with Gasteiger partial charge in [-0.15, -0.1) is 0 Å². The van der Waals surface area contributed by atoms with Crippen molar-refractivity contribution < 1.29 is 28.2 Å². The molecule has 1 aliphatic rings. The number of fused-ring (bicyclic) bond motifs is 1. The predicted octanol–water partition coefficient (Wildman–Crippen LogP) is 4.20. The summed E-state index contributed by atoms with van der Waals surface area (Å²) in [5.74, 6) is 0.335. The SMILES string of the molecule is Cc1ccc(S(=O)(=O)NC(=O)Nc2ccc(COCCCn3c(O)c4c(c3O)CCCC4)cc2)cc1. The number of aromatic nitrogens is 1. The lowest BCUT2D eigenvalue weighted by atomic mass is 9.95. The number of nitrogens with one attached hydrogen (secondary N) is 2. The van der Waals surface area contributed by atoms with Gasteiger partial charge < -0.3 is 20.3 Å². The average molecular weight is 514 g/mol. The molecule has 1 aromatic heterocycles. The van der Waals surface area contributed by atoms with Crippen molar-refractivity contribution in [3.63, 3.8) is 0 Å². The van der Waals surface area contributed by atoms with E-state index < -0.39 is 16.1 Å². The summed E-state index contributed by atoms with van der Waals surface area (Å²) in [7, 11) is -3.96. The fourth-order valence-electron chi connectivity index (χ4n) is 4.29. The standard InChI is InChI=1S/C26H31N3O6S/c1-18-7-13-21(14-8-18)36(33,34)28-26(32)27-20-11-9-19(10-12-20)17-35-16-4-15-29-24(30)22-5-2-3-6-23(22)25(29)31/h7-14,30-31H,2-6,15-17H2,1H3,(H2,27,28,32). The summed E-state index contributed by atoms with van der Waals surface area (Å²) < 4.78 is 33.9. The van der Waals surface area contributed by atoms with Crippen molar-refractivity contribution in [3.8, 4) is 11.8 Å². The third-order valence-electron chi connectivity index (χ3n) is 6.23. The first-order valence-corrected chi connectivity index (χ1v) is 13.4. The molecule has 2 aromatic carbocycles. The second-order valence-corrected chi connectivity index (χ2v) is 10.6. The summed E-state index contributed by atoms with van der Waals surface area (Å²) >= 11 is 0. The molecule has 1 heterocycles. The smallest absolute Gasteiger partial charge is 0.333 e. The molecule has 9 nitrogen and oxygen atoms in total. The van der Waals surface area contributed by atoms with Crippen molar-refractivity contribution in [3.05, 3.63) is 70.8 Å². The maximum atomic E-state index is 12.3. The molecule has 2 amide bonds. The number of ether oxygens (including phenoxy) is 1. The van der Waals surface area contributed by atoms with Gasteiger partial charge in [0.25, 0.3) is 10.0 Å². The normalized spacial score (nSPS) is 13.2. The van der Waals surface area contributed by atoms with E-state index in [-0.39, 0.29) is 16.7 Å². The van der Waals surface area contributed by atoms with Crippen LogP contribution in [0, 0.1) is 6.92 Å².